The fourth-order valence-corrected chi connectivity index (χ4v) is 4.38. The lowest BCUT2D eigenvalue weighted by molar-refractivity contribution is -0.137. The highest BCUT2D eigenvalue weighted by atomic mass is 35.5. The highest BCUT2D eigenvalue weighted by molar-refractivity contribution is 7.80. The Morgan fingerprint density at radius 3 is 2.59 bits per heavy atom. The van der Waals surface area contributed by atoms with E-state index < -0.39 is 11.7 Å². The third-order valence-corrected chi connectivity index (χ3v) is 6.38. The first-order valence-corrected chi connectivity index (χ1v) is 11.0. The number of piperidine rings is 1. The van der Waals surface area contributed by atoms with Gasteiger partial charge in [-0.3, -0.25) is 0 Å². The van der Waals surface area contributed by atoms with Crippen LogP contribution in [-0.2, 0) is 12.7 Å². The molecule has 5 nitrogen and oxygen atoms in total. The minimum atomic E-state index is -4.47. The number of rotatable bonds is 4. The smallest absolute Gasteiger partial charge is 0.416 e. The molecule has 2 aromatic carbocycles. The number of alkyl halides is 3. The monoisotopic (exact) mass is 485 g/mol. The minimum Gasteiger partial charge on any atom is -0.454 e. The molecule has 1 fully saturated rings. The summed E-state index contributed by atoms with van der Waals surface area (Å²) >= 11 is 11.8. The van der Waals surface area contributed by atoms with Gasteiger partial charge < -0.3 is 24.6 Å². The van der Waals surface area contributed by atoms with Gasteiger partial charge in [0.1, 0.15) is 0 Å². The summed E-state index contributed by atoms with van der Waals surface area (Å²) in [6.07, 6.45) is -2.69. The average Bonchev–Trinajstić information content (AvgIpc) is 3.21. The molecule has 2 heterocycles. The summed E-state index contributed by atoms with van der Waals surface area (Å²) in [6, 6.07) is 9.01. The Morgan fingerprint density at radius 1 is 1.16 bits per heavy atom. The van der Waals surface area contributed by atoms with Gasteiger partial charge in [0.05, 0.1) is 16.3 Å². The fourth-order valence-electron chi connectivity index (χ4n) is 3.89. The summed E-state index contributed by atoms with van der Waals surface area (Å²) in [5.41, 5.74) is 0.316. The highest BCUT2D eigenvalue weighted by Crippen LogP contribution is 2.35. The second kappa shape index (κ2) is 9.33. The van der Waals surface area contributed by atoms with E-state index in [0.29, 0.717) is 23.2 Å². The summed E-state index contributed by atoms with van der Waals surface area (Å²) in [6.45, 7) is 2.49. The first-order chi connectivity index (χ1) is 15.2. The Balaban J connectivity index is 1.57. The van der Waals surface area contributed by atoms with Crippen molar-refractivity contribution in [2.24, 2.45) is 0 Å². The molecule has 2 aromatic rings. The normalized spacial score (nSPS) is 16.8. The Labute approximate surface area is 195 Å². The lowest BCUT2D eigenvalue weighted by Gasteiger charge is -2.39. The van der Waals surface area contributed by atoms with Gasteiger partial charge in [-0.05, 0) is 81.1 Å². The number of fused-ring (bicyclic) bond motifs is 1. The van der Waals surface area contributed by atoms with Crippen LogP contribution in [-0.4, -0.2) is 47.9 Å². The molecule has 0 saturated carbocycles. The number of nitrogens with zero attached hydrogens (tertiary/aromatic N) is 2. The Morgan fingerprint density at radius 2 is 1.88 bits per heavy atom. The maximum atomic E-state index is 13.2. The number of hydrogen-bond acceptors (Lipinski definition) is 4. The van der Waals surface area contributed by atoms with Crippen molar-refractivity contribution in [2.75, 3.05) is 32.2 Å². The maximum Gasteiger partial charge on any atom is 0.416 e. The van der Waals surface area contributed by atoms with E-state index in [2.05, 4.69) is 17.3 Å². The van der Waals surface area contributed by atoms with Gasteiger partial charge in [0.15, 0.2) is 16.6 Å². The van der Waals surface area contributed by atoms with Crippen molar-refractivity contribution in [1.29, 1.82) is 0 Å². The van der Waals surface area contributed by atoms with Crippen LogP contribution in [0.15, 0.2) is 36.4 Å². The van der Waals surface area contributed by atoms with Crippen LogP contribution < -0.4 is 14.8 Å². The van der Waals surface area contributed by atoms with Crippen LogP contribution >= 0.6 is 23.8 Å². The molecular weight excluding hydrogens is 463 g/mol. The molecule has 1 N–H and O–H groups in total. The molecule has 0 aliphatic carbocycles. The molecule has 0 radical (unpaired) electrons. The lowest BCUT2D eigenvalue weighted by atomic mass is 10.0. The molecule has 1 saturated heterocycles. The topological polar surface area (TPSA) is 37.0 Å². The van der Waals surface area contributed by atoms with Gasteiger partial charge in [0, 0.05) is 12.6 Å². The zero-order valence-electron chi connectivity index (χ0n) is 17.4. The van der Waals surface area contributed by atoms with E-state index in [1.165, 1.54) is 6.07 Å². The molecule has 0 atom stereocenters. The standard InChI is InChI=1S/C22H23ClF3N3O2S/c1-28-8-6-16(7-9-28)29(12-14-2-5-19-20(10-14)31-13-30-19)21(32)27-18-11-15(22(24,25)26)3-4-17(18)23/h2-5,10-11,16H,6-9,12-13H2,1H3,(H,27,32). The van der Waals surface area contributed by atoms with Crippen molar-refractivity contribution < 1.29 is 22.6 Å². The Kier molecular flexibility index (Phi) is 6.69. The second-order valence-electron chi connectivity index (χ2n) is 7.97. The van der Waals surface area contributed by atoms with Gasteiger partial charge in [-0.2, -0.15) is 13.2 Å². The first kappa shape index (κ1) is 22.9. The molecule has 10 heteroatoms. The molecule has 0 unspecified atom stereocenters. The second-order valence-corrected chi connectivity index (χ2v) is 8.77. The van der Waals surface area contributed by atoms with Crippen LogP contribution in [0.3, 0.4) is 0 Å². The summed E-state index contributed by atoms with van der Waals surface area (Å²) in [4.78, 5) is 4.27. The SMILES string of the molecule is CN1CCC(N(Cc2ccc3c(c2)OCO3)C(=S)Nc2cc(C(F)(F)F)ccc2Cl)CC1. The number of nitrogens with one attached hydrogen (secondary N) is 1. The van der Waals surface area contributed by atoms with Gasteiger partial charge in [-0.15, -0.1) is 0 Å². The van der Waals surface area contributed by atoms with Gasteiger partial charge in [0.25, 0.3) is 0 Å². The van der Waals surface area contributed by atoms with E-state index in [9.17, 15) is 13.2 Å². The van der Waals surface area contributed by atoms with Crippen LogP contribution in [0.2, 0.25) is 5.02 Å². The number of anilines is 1. The predicted octanol–water partition coefficient (Wildman–Crippen LogP) is 5.38. The van der Waals surface area contributed by atoms with Crippen molar-refractivity contribution in [3.8, 4) is 11.5 Å². The number of hydrogen-bond donors (Lipinski definition) is 1. The number of halogens is 4. The van der Waals surface area contributed by atoms with E-state index >= 15 is 0 Å². The van der Waals surface area contributed by atoms with E-state index in [4.69, 9.17) is 33.3 Å². The van der Waals surface area contributed by atoms with Gasteiger partial charge in [-0.1, -0.05) is 17.7 Å². The molecule has 0 aromatic heterocycles. The zero-order chi connectivity index (χ0) is 22.9. The summed E-state index contributed by atoms with van der Waals surface area (Å²) in [7, 11) is 2.07. The van der Waals surface area contributed by atoms with Crippen LogP contribution in [0.4, 0.5) is 18.9 Å². The van der Waals surface area contributed by atoms with Gasteiger partial charge >= 0.3 is 6.18 Å². The van der Waals surface area contributed by atoms with Crippen molar-refractivity contribution in [2.45, 2.75) is 31.6 Å². The summed E-state index contributed by atoms with van der Waals surface area (Å²) < 4.78 is 50.4. The largest absolute Gasteiger partial charge is 0.454 e. The predicted molar refractivity (Wildman–Crippen MR) is 121 cm³/mol. The zero-order valence-corrected chi connectivity index (χ0v) is 19.0. The quantitative estimate of drug-likeness (QED) is 0.586. The highest BCUT2D eigenvalue weighted by Gasteiger charge is 2.32. The molecule has 4 rings (SSSR count). The molecule has 2 aliphatic heterocycles. The fraction of sp³-hybridized carbons (Fsp3) is 0.409. The van der Waals surface area contributed by atoms with E-state index in [-0.39, 0.29) is 23.5 Å². The number of benzene rings is 2. The third kappa shape index (κ3) is 5.22. The molecule has 0 amide bonds. The van der Waals surface area contributed by atoms with Crippen molar-refractivity contribution in [1.82, 2.24) is 9.80 Å². The van der Waals surface area contributed by atoms with Gasteiger partial charge in [0.2, 0.25) is 6.79 Å². The number of likely N-dealkylation sites (tertiary alicyclic amines) is 1. The molecule has 0 bridgehead atoms. The van der Waals surface area contributed by atoms with Crippen molar-refractivity contribution in [3.63, 3.8) is 0 Å². The molecule has 0 spiro atoms. The Hall–Kier alpha value is -2.23. The molecule has 2 aliphatic rings. The van der Waals surface area contributed by atoms with Crippen LogP contribution in [0.5, 0.6) is 11.5 Å². The lowest BCUT2D eigenvalue weighted by Crippen LogP contribution is -2.47. The minimum absolute atomic E-state index is 0.134. The number of ether oxygens (including phenoxy) is 2. The average molecular weight is 486 g/mol. The van der Waals surface area contributed by atoms with Crippen molar-refractivity contribution >= 4 is 34.6 Å². The molecule has 172 valence electrons. The Bertz CT molecular complexity index is 997. The first-order valence-electron chi connectivity index (χ1n) is 10.2. The van der Waals surface area contributed by atoms with E-state index in [1.54, 1.807) is 0 Å². The van der Waals surface area contributed by atoms with Crippen LogP contribution in [0.1, 0.15) is 24.0 Å². The molecule has 32 heavy (non-hydrogen) atoms. The number of thiocarbonyl (C=S) groups is 1. The third-order valence-electron chi connectivity index (χ3n) is 5.71. The van der Waals surface area contributed by atoms with Crippen LogP contribution in [0, 0.1) is 0 Å². The summed E-state index contributed by atoms with van der Waals surface area (Å²) in [5.74, 6) is 1.36. The molecular formula is C22H23ClF3N3O2S. The van der Waals surface area contributed by atoms with Crippen molar-refractivity contribution in [3.05, 3.63) is 52.5 Å². The van der Waals surface area contributed by atoms with E-state index in [0.717, 1.165) is 43.6 Å². The van der Waals surface area contributed by atoms with E-state index in [1.807, 2.05) is 23.1 Å². The van der Waals surface area contributed by atoms with Crippen LogP contribution in [0.25, 0.3) is 0 Å². The van der Waals surface area contributed by atoms with Gasteiger partial charge in [-0.25, -0.2) is 0 Å². The summed E-state index contributed by atoms with van der Waals surface area (Å²) in [5, 5.41) is 3.46. The maximum absolute atomic E-state index is 13.2.